The van der Waals surface area contributed by atoms with E-state index in [-0.39, 0.29) is 11.3 Å². The van der Waals surface area contributed by atoms with Gasteiger partial charge in [-0.1, -0.05) is 60.7 Å². The molecule has 2 unspecified atom stereocenters. The van der Waals surface area contributed by atoms with Crippen LogP contribution in [0.1, 0.15) is 35.3 Å². The van der Waals surface area contributed by atoms with Gasteiger partial charge in [-0.15, -0.1) is 0 Å². The zero-order valence-corrected chi connectivity index (χ0v) is 20.5. The van der Waals surface area contributed by atoms with E-state index in [1.165, 1.54) is 6.26 Å². The number of carbonyl (C=O) groups is 1. The molecule has 0 spiro atoms. The van der Waals surface area contributed by atoms with Crippen LogP contribution in [0.2, 0.25) is 0 Å². The molecular weight excluding hydrogens is 478 g/mol. The predicted octanol–water partition coefficient (Wildman–Crippen LogP) is 3.84. The molecule has 1 saturated heterocycles. The molecule has 0 aromatic heterocycles. The van der Waals surface area contributed by atoms with Gasteiger partial charge >= 0.3 is 0 Å². The minimum atomic E-state index is -3.69. The molecule has 6 nitrogen and oxygen atoms in total. The smallest absolute Gasteiger partial charge is 0.242 e. The molecule has 33 heavy (non-hydrogen) atoms. The molecule has 2 atom stereocenters. The first-order valence-corrected chi connectivity index (χ1v) is 14.0. The van der Waals surface area contributed by atoms with Gasteiger partial charge in [0.1, 0.15) is 5.25 Å². The first-order valence-electron chi connectivity index (χ1n) is 10.2. The summed E-state index contributed by atoms with van der Waals surface area (Å²) in [5.41, 5.74) is 4.04. The molecule has 1 amide bonds. The van der Waals surface area contributed by atoms with E-state index in [0.717, 1.165) is 22.3 Å². The Bertz CT molecular complexity index is 1430. The second-order valence-corrected chi connectivity index (χ2v) is 13.1. The van der Waals surface area contributed by atoms with Crippen LogP contribution in [-0.4, -0.2) is 29.0 Å². The van der Waals surface area contributed by atoms with Crippen molar-refractivity contribution >= 4 is 38.4 Å². The summed E-state index contributed by atoms with van der Waals surface area (Å²) >= 11 is 4.87. The van der Waals surface area contributed by atoms with Crippen LogP contribution < -0.4 is 4.72 Å². The maximum atomic E-state index is 12.1. The summed E-state index contributed by atoms with van der Waals surface area (Å²) in [6.45, 7) is 1.95. The Labute approximate surface area is 199 Å². The Morgan fingerprint density at radius 1 is 0.939 bits per heavy atom. The highest BCUT2D eigenvalue weighted by Gasteiger charge is 2.38. The van der Waals surface area contributed by atoms with Crippen LogP contribution >= 0.6 is 12.6 Å². The number of hydrogen-bond donors (Lipinski definition) is 2. The number of nitrogens with one attached hydrogen (secondary N) is 1. The van der Waals surface area contributed by atoms with E-state index in [1.54, 1.807) is 30.3 Å². The van der Waals surface area contributed by atoms with E-state index in [0.29, 0.717) is 5.56 Å². The molecule has 1 N–H and O–H groups in total. The van der Waals surface area contributed by atoms with Gasteiger partial charge in [-0.25, -0.2) is 16.8 Å². The standard InChI is InChI=1S/C24H23NO5S3/c1-24(31,20-12-8-17(9-13-20)22-15-23(26)25-33(22,29)30)19-10-6-16(7-11-19)18-4-3-5-21(14-18)32(2,27)28/h3-14,22,31H,15H2,1-2H3,(H,25,26). The second kappa shape index (κ2) is 8.30. The van der Waals surface area contributed by atoms with E-state index >= 15 is 0 Å². The van der Waals surface area contributed by atoms with Gasteiger partial charge in [0, 0.05) is 6.26 Å². The topological polar surface area (TPSA) is 97.4 Å². The highest BCUT2D eigenvalue weighted by molar-refractivity contribution is 7.91. The monoisotopic (exact) mass is 501 g/mol. The number of carbonyl (C=O) groups excluding carboxylic acids is 1. The van der Waals surface area contributed by atoms with Crippen molar-refractivity contribution in [1.29, 1.82) is 0 Å². The molecule has 1 fully saturated rings. The maximum Gasteiger partial charge on any atom is 0.242 e. The molecular formula is C24H23NO5S3. The van der Waals surface area contributed by atoms with Crippen molar-refractivity contribution in [1.82, 2.24) is 4.72 Å². The largest absolute Gasteiger partial charge is 0.274 e. The predicted molar refractivity (Wildman–Crippen MR) is 131 cm³/mol. The van der Waals surface area contributed by atoms with Crippen molar-refractivity contribution in [3.05, 3.63) is 89.5 Å². The lowest BCUT2D eigenvalue weighted by Gasteiger charge is -2.26. The lowest BCUT2D eigenvalue weighted by Crippen LogP contribution is -2.21. The van der Waals surface area contributed by atoms with E-state index in [1.807, 2.05) is 54.1 Å². The summed E-state index contributed by atoms with van der Waals surface area (Å²) in [6, 6.07) is 21.6. The Morgan fingerprint density at radius 3 is 2.03 bits per heavy atom. The molecule has 1 aliphatic heterocycles. The van der Waals surface area contributed by atoms with Gasteiger partial charge in [0.2, 0.25) is 15.9 Å². The minimum Gasteiger partial charge on any atom is -0.274 e. The summed E-state index contributed by atoms with van der Waals surface area (Å²) in [5.74, 6) is -0.495. The Kier molecular flexibility index (Phi) is 5.92. The molecule has 9 heteroatoms. The average molecular weight is 502 g/mol. The molecule has 0 radical (unpaired) electrons. The zero-order chi connectivity index (χ0) is 24.0. The second-order valence-electron chi connectivity index (χ2n) is 8.33. The number of thiol groups is 1. The molecule has 3 aromatic carbocycles. The van der Waals surface area contributed by atoms with Crippen molar-refractivity contribution in [3.8, 4) is 11.1 Å². The molecule has 4 rings (SSSR count). The fraction of sp³-hybridized carbons (Fsp3) is 0.208. The summed E-state index contributed by atoms with van der Waals surface area (Å²) in [5, 5.41) is -0.882. The third kappa shape index (κ3) is 4.71. The third-order valence-corrected chi connectivity index (χ3v) is 9.22. The molecule has 1 heterocycles. The van der Waals surface area contributed by atoms with Crippen LogP contribution in [-0.2, 0) is 29.4 Å². The van der Waals surface area contributed by atoms with Crippen LogP contribution in [0.25, 0.3) is 11.1 Å². The van der Waals surface area contributed by atoms with Crippen molar-refractivity contribution in [2.75, 3.05) is 6.26 Å². The number of amides is 1. The first kappa shape index (κ1) is 23.5. The van der Waals surface area contributed by atoms with Gasteiger partial charge in [-0.05, 0) is 46.9 Å². The molecule has 0 aliphatic carbocycles. The Balaban J connectivity index is 1.60. The molecule has 1 aliphatic rings. The highest BCUT2D eigenvalue weighted by atomic mass is 32.2. The van der Waals surface area contributed by atoms with Crippen LogP contribution in [0.3, 0.4) is 0 Å². The van der Waals surface area contributed by atoms with Gasteiger partial charge < -0.3 is 0 Å². The zero-order valence-electron chi connectivity index (χ0n) is 18.0. The highest BCUT2D eigenvalue weighted by Crippen LogP contribution is 2.38. The van der Waals surface area contributed by atoms with Gasteiger partial charge in [-0.2, -0.15) is 12.6 Å². The SMILES string of the molecule is CC(S)(c1ccc(-c2cccc(S(C)(=O)=O)c2)cc1)c1ccc(C2CC(=O)NS2(=O)=O)cc1. The number of hydrogen-bond acceptors (Lipinski definition) is 6. The quantitative estimate of drug-likeness (QED) is 0.518. The summed E-state index contributed by atoms with van der Waals surface area (Å²) in [6.07, 6.45) is 1.10. The Morgan fingerprint density at radius 2 is 1.52 bits per heavy atom. The molecule has 0 bridgehead atoms. The maximum absolute atomic E-state index is 12.1. The summed E-state index contributed by atoms with van der Waals surface area (Å²) < 4.78 is 49.3. The third-order valence-electron chi connectivity index (χ3n) is 5.89. The van der Waals surface area contributed by atoms with E-state index in [2.05, 4.69) is 0 Å². The number of sulfone groups is 1. The van der Waals surface area contributed by atoms with Crippen molar-refractivity contribution in [3.63, 3.8) is 0 Å². The van der Waals surface area contributed by atoms with E-state index in [4.69, 9.17) is 12.6 Å². The normalized spacial score (nSPS) is 19.6. The lowest BCUT2D eigenvalue weighted by molar-refractivity contribution is -0.118. The van der Waals surface area contributed by atoms with Crippen LogP contribution in [0, 0.1) is 0 Å². The minimum absolute atomic E-state index is 0.0815. The van der Waals surface area contributed by atoms with E-state index in [9.17, 15) is 21.6 Å². The van der Waals surface area contributed by atoms with Gasteiger partial charge in [0.05, 0.1) is 16.1 Å². The van der Waals surface area contributed by atoms with Crippen molar-refractivity contribution < 1.29 is 21.6 Å². The number of sulfonamides is 1. The first-order chi connectivity index (χ1) is 15.4. The van der Waals surface area contributed by atoms with Crippen molar-refractivity contribution in [2.45, 2.75) is 28.2 Å². The molecule has 3 aromatic rings. The van der Waals surface area contributed by atoms with Crippen LogP contribution in [0.4, 0.5) is 0 Å². The fourth-order valence-electron chi connectivity index (χ4n) is 3.93. The van der Waals surface area contributed by atoms with E-state index < -0.39 is 35.8 Å². The fourth-order valence-corrected chi connectivity index (χ4v) is 6.32. The lowest BCUT2D eigenvalue weighted by atomic mass is 9.90. The average Bonchev–Trinajstić information content (AvgIpc) is 3.05. The van der Waals surface area contributed by atoms with Gasteiger partial charge in [0.25, 0.3) is 0 Å². The van der Waals surface area contributed by atoms with Crippen LogP contribution in [0.5, 0.6) is 0 Å². The van der Waals surface area contributed by atoms with Gasteiger partial charge in [-0.3, -0.25) is 9.52 Å². The van der Waals surface area contributed by atoms with Crippen LogP contribution in [0.15, 0.2) is 77.7 Å². The number of benzene rings is 3. The van der Waals surface area contributed by atoms with Crippen molar-refractivity contribution in [2.24, 2.45) is 0 Å². The molecule has 172 valence electrons. The van der Waals surface area contributed by atoms with Gasteiger partial charge in [0.15, 0.2) is 9.84 Å². The number of rotatable bonds is 5. The summed E-state index contributed by atoms with van der Waals surface area (Å²) in [7, 11) is -6.98. The summed E-state index contributed by atoms with van der Waals surface area (Å²) in [4.78, 5) is 11.8. The Hall–Kier alpha value is -2.62. The molecule has 0 saturated carbocycles.